The van der Waals surface area contributed by atoms with Crippen LogP contribution in [0, 0.1) is 0 Å². The number of carboxylic acid groups (broad SMARTS) is 1. The molecule has 0 fully saturated rings. The highest BCUT2D eigenvalue weighted by Crippen LogP contribution is 1.96. The molecule has 0 bridgehead atoms. The molecule has 0 saturated carbocycles. The predicted octanol–water partition coefficient (Wildman–Crippen LogP) is 0.427. The van der Waals surface area contributed by atoms with Crippen LogP contribution in [0.1, 0.15) is 13.8 Å². The molecular weight excluding hydrogens is 208 g/mol. The Bertz CT molecular complexity index is 285. The standard InChI is InChI=1S/C11H20N2O3/c1-5-13(8-10(14)12(3)4)7-6-9(2)11(15)16/h6H,5,7-8H2,1-4H3,(H,15,16). The number of amides is 1. The number of likely N-dealkylation sites (N-methyl/N-ethyl adjacent to an activating group) is 2. The van der Waals surface area contributed by atoms with E-state index in [1.807, 2.05) is 11.8 Å². The SMILES string of the molecule is CCN(CC=C(C)C(=O)O)CC(=O)N(C)C. The van der Waals surface area contributed by atoms with E-state index in [4.69, 9.17) is 5.11 Å². The van der Waals surface area contributed by atoms with E-state index >= 15 is 0 Å². The molecule has 0 spiro atoms. The van der Waals surface area contributed by atoms with Crippen LogP contribution in [0.15, 0.2) is 11.6 Å². The summed E-state index contributed by atoms with van der Waals surface area (Å²) in [5, 5.41) is 8.68. The van der Waals surface area contributed by atoms with Crippen molar-refractivity contribution in [2.24, 2.45) is 0 Å². The van der Waals surface area contributed by atoms with Crippen molar-refractivity contribution in [3.63, 3.8) is 0 Å². The van der Waals surface area contributed by atoms with E-state index in [1.54, 1.807) is 27.1 Å². The average molecular weight is 228 g/mol. The first-order chi connectivity index (χ1) is 7.38. The van der Waals surface area contributed by atoms with Gasteiger partial charge in [-0.05, 0) is 13.5 Å². The number of aliphatic carboxylic acids is 1. The molecule has 0 aliphatic rings. The third-order valence-corrected chi connectivity index (χ3v) is 2.30. The van der Waals surface area contributed by atoms with E-state index in [1.165, 1.54) is 4.90 Å². The molecule has 1 N–H and O–H groups in total. The second kappa shape index (κ2) is 7.00. The highest BCUT2D eigenvalue weighted by molar-refractivity contribution is 5.85. The topological polar surface area (TPSA) is 60.9 Å². The summed E-state index contributed by atoms with van der Waals surface area (Å²) in [6.07, 6.45) is 1.62. The van der Waals surface area contributed by atoms with Crippen LogP contribution in [0.25, 0.3) is 0 Å². The summed E-state index contributed by atoms with van der Waals surface area (Å²) < 4.78 is 0. The number of nitrogens with zero attached hydrogens (tertiary/aromatic N) is 2. The zero-order chi connectivity index (χ0) is 12.7. The van der Waals surface area contributed by atoms with Crippen molar-refractivity contribution >= 4 is 11.9 Å². The van der Waals surface area contributed by atoms with E-state index in [9.17, 15) is 9.59 Å². The summed E-state index contributed by atoms with van der Waals surface area (Å²) in [7, 11) is 3.41. The normalized spacial score (nSPS) is 11.7. The van der Waals surface area contributed by atoms with Crippen LogP contribution < -0.4 is 0 Å². The number of carbonyl (C=O) groups is 2. The highest BCUT2D eigenvalue weighted by atomic mass is 16.4. The quantitative estimate of drug-likeness (QED) is 0.670. The first kappa shape index (κ1) is 14.6. The van der Waals surface area contributed by atoms with Gasteiger partial charge in [-0.15, -0.1) is 0 Å². The van der Waals surface area contributed by atoms with E-state index in [0.29, 0.717) is 25.2 Å². The number of hydrogen-bond donors (Lipinski definition) is 1. The minimum atomic E-state index is -0.921. The second-order valence-corrected chi connectivity index (χ2v) is 3.81. The Morgan fingerprint density at radius 3 is 2.25 bits per heavy atom. The van der Waals surface area contributed by atoms with Gasteiger partial charge in [0, 0.05) is 26.2 Å². The van der Waals surface area contributed by atoms with Crippen molar-refractivity contribution in [3.8, 4) is 0 Å². The lowest BCUT2D eigenvalue weighted by molar-refractivity contribution is -0.132. The van der Waals surface area contributed by atoms with Gasteiger partial charge in [0.05, 0.1) is 6.54 Å². The Hall–Kier alpha value is -1.36. The molecule has 0 aromatic heterocycles. The Kier molecular flexibility index (Phi) is 6.41. The molecule has 5 nitrogen and oxygen atoms in total. The van der Waals surface area contributed by atoms with Crippen molar-refractivity contribution in [2.45, 2.75) is 13.8 Å². The van der Waals surface area contributed by atoms with E-state index < -0.39 is 5.97 Å². The smallest absolute Gasteiger partial charge is 0.330 e. The van der Waals surface area contributed by atoms with E-state index in [0.717, 1.165) is 0 Å². The molecule has 0 atom stereocenters. The molecule has 0 heterocycles. The molecule has 92 valence electrons. The molecule has 0 saturated heterocycles. The third-order valence-electron chi connectivity index (χ3n) is 2.30. The summed E-state index contributed by atoms with van der Waals surface area (Å²) in [4.78, 5) is 25.4. The Morgan fingerprint density at radius 2 is 1.88 bits per heavy atom. The van der Waals surface area contributed by atoms with Crippen LogP contribution in [0.2, 0.25) is 0 Å². The van der Waals surface area contributed by atoms with Gasteiger partial charge >= 0.3 is 5.97 Å². The third kappa shape index (κ3) is 5.50. The van der Waals surface area contributed by atoms with Gasteiger partial charge in [0.1, 0.15) is 0 Å². The van der Waals surface area contributed by atoms with Gasteiger partial charge < -0.3 is 10.0 Å². The largest absolute Gasteiger partial charge is 0.478 e. The van der Waals surface area contributed by atoms with Crippen LogP contribution in [0.4, 0.5) is 0 Å². The summed E-state index contributed by atoms with van der Waals surface area (Å²) in [5.74, 6) is -0.904. The molecule has 1 amide bonds. The van der Waals surface area contributed by atoms with Gasteiger partial charge in [-0.25, -0.2) is 4.79 Å². The van der Waals surface area contributed by atoms with Crippen molar-refractivity contribution in [3.05, 3.63) is 11.6 Å². The number of hydrogen-bond acceptors (Lipinski definition) is 3. The predicted molar refractivity (Wildman–Crippen MR) is 62.2 cm³/mol. The molecule has 0 unspecified atom stereocenters. The van der Waals surface area contributed by atoms with Crippen LogP contribution in [0.3, 0.4) is 0 Å². The van der Waals surface area contributed by atoms with Crippen LogP contribution >= 0.6 is 0 Å². The van der Waals surface area contributed by atoms with Crippen molar-refractivity contribution in [1.82, 2.24) is 9.80 Å². The fraction of sp³-hybridized carbons (Fsp3) is 0.636. The fourth-order valence-electron chi connectivity index (χ4n) is 0.992. The van der Waals surface area contributed by atoms with Crippen molar-refractivity contribution in [2.75, 3.05) is 33.7 Å². The van der Waals surface area contributed by atoms with Crippen molar-refractivity contribution < 1.29 is 14.7 Å². The number of carbonyl (C=O) groups excluding carboxylic acids is 1. The van der Waals surface area contributed by atoms with Crippen LogP contribution in [0.5, 0.6) is 0 Å². The first-order valence-corrected chi connectivity index (χ1v) is 5.21. The lowest BCUT2D eigenvalue weighted by Crippen LogP contribution is -2.36. The molecule has 0 aromatic rings. The first-order valence-electron chi connectivity index (χ1n) is 5.21. The van der Waals surface area contributed by atoms with Gasteiger partial charge in [0.2, 0.25) is 5.91 Å². The van der Waals surface area contributed by atoms with Gasteiger partial charge in [0.25, 0.3) is 0 Å². The summed E-state index contributed by atoms with van der Waals surface area (Å²) >= 11 is 0. The molecule has 5 heteroatoms. The number of carboxylic acids is 1. The van der Waals surface area contributed by atoms with E-state index in [2.05, 4.69) is 0 Å². The maximum atomic E-state index is 11.4. The van der Waals surface area contributed by atoms with Gasteiger partial charge in [-0.1, -0.05) is 13.0 Å². The molecule has 0 aromatic carbocycles. The van der Waals surface area contributed by atoms with Gasteiger partial charge in [-0.3, -0.25) is 9.69 Å². The minimum absolute atomic E-state index is 0.0169. The van der Waals surface area contributed by atoms with E-state index in [-0.39, 0.29) is 5.91 Å². The molecular formula is C11H20N2O3. The molecule has 0 rings (SSSR count). The lowest BCUT2D eigenvalue weighted by atomic mass is 10.3. The fourth-order valence-corrected chi connectivity index (χ4v) is 0.992. The monoisotopic (exact) mass is 228 g/mol. The molecule has 16 heavy (non-hydrogen) atoms. The average Bonchev–Trinajstić information content (AvgIpc) is 2.22. The van der Waals surface area contributed by atoms with Gasteiger partial charge in [-0.2, -0.15) is 0 Å². The van der Waals surface area contributed by atoms with Crippen LogP contribution in [-0.2, 0) is 9.59 Å². The lowest BCUT2D eigenvalue weighted by Gasteiger charge is -2.20. The zero-order valence-electron chi connectivity index (χ0n) is 10.4. The molecule has 0 aliphatic carbocycles. The maximum absolute atomic E-state index is 11.4. The minimum Gasteiger partial charge on any atom is -0.478 e. The molecule has 0 radical (unpaired) electrons. The highest BCUT2D eigenvalue weighted by Gasteiger charge is 2.10. The molecule has 0 aliphatic heterocycles. The summed E-state index contributed by atoms with van der Waals surface area (Å²) in [5.41, 5.74) is 0.302. The Morgan fingerprint density at radius 1 is 1.31 bits per heavy atom. The van der Waals surface area contributed by atoms with Gasteiger partial charge in [0.15, 0.2) is 0 Å². The van der Waals surface area contributed by atoms with Crippen molar-refractivity contribution in [1.29, 1.82) is 0 Å². The maximum Gasteiger partial charge on any atom is 0.330 e. The summed E-state index contributed by atoms with van der Waals surface area (Å²) in [6.45, 7) is 4.99. The second-order valence-electron chi connectivity index (χ2n) is 3.81. The van der Waals surface area contributed by atoms with Crippen LogP contribution in [-0.4, -0.2) is 60.5 Å². The zero-order valence-corrected chi connectivity index (χ0v) is 10.4. The summed E-state index contributed by atoms with van der Waals surface area (Å²) in [6, 6.07) is 0. The number of rotatable bonds is 6. The Labute approximate surface area is 96.3 Å². The Balaban J connectivity index is 4.27.